The minimum absolute atomic E-state index is 0.0883. The number of hydrogen-bond donors (Lipinski definition) is 3. The first-order valence-corrected chi connectivity index (χ1v) is 6.20. The van der Waals surface area contributed by atoms with Crippen LogP contribution in [0.2, 0.25) is 0 Å². The molecule has 4 nitrogen and oxygen atoms in total. The van der Waals surface area contributed by atoms with Gasteiger partial charge in [0.2, 0.25) is 0 Å². The fourth-order valence-corrected chi connectivity index (χ4v) is 3.27. The van der Waals surface area contributed by atoms with E-state index in [1.807, 2.05) is 0 Å². The lowest BCUT2D eigenvalue weighted by atomic mass is 9.63. The lowest BCUT2D eigenvalue weighted by molar-refractivity contribution is 0.0879. The molecule has 1 atom stereocenters. The lowest BCUT2D eigenvalue weighted by Gasteiger charge is -2.46. The molecule has 13 heavy (non-hydrogen) atoms. The van der Waals surface area contributed by atoms with Crippen molar-refractivity contribution in [3.05, 3.63) is 0 Å². The molecule has 1 aliphatic carbocycles. The van der Waals surface area contributed by atoms with Crippen LogP contribution in [0.25, 0.3) is 0 Å². The van der Waals surface area contributed by atoms with Crippen LogP contribution < -0.4 is 5.73 Å². The molecular formula is C8H18NO3P. The van der Waals surface area contributed by atoms with E-state index >= 15 is 0 Å². The highest BCUT2D eigenvalue weighted by Crippen LogP contribution is 2.55. The third kappa shape index (κ3) is 2.53. The Morgan fingerprint density at radius 1 is 1.54 bits per heavy atom. The van der Waals surface area contributed by atoms with E-state index in [2.05, 4.69) is 13.8 Å². The van der Waals surface area contributed by atoms with Gasteiger partial charge in [0, 0.05) is 6.54 Å². The van der Waals surface area contributed by atoms with Gasteiger partial charge in [0.1, 0.15) is 0 Å². The topological polar surface area (TPSA) is 83.6 Å². The Labute approximate surface area is 78.7 Å². The van der Waals surface area contributed by atoms with E-state index in [9.17, 15) is 4.57 Å². The molecule has 0 radical (unpaired) electrons. The summed E-state index contributed by atoms with van der Waals surface area (Å²) in [5.74, 6) is 0.112. The van der Waals surface area contributed by atoms with Crippen LogP contribution in [-0.2, 0) is 4.57 Å². The van der Waals surface area contributed by atoms with Gasteiger partial charge in [-0.3, -0.25) is 4.57 Å². The van der Waals surface area contributed by atoms with Crippen molar-refractivity contribution in [3.8, 4) is 0 Å². The maximum absolute atomic E-state index is 11.0. The highest BCUT2D eigenvalue weighted by Gasteiger charge is 2.45. The van der Waals surface area contributed by atoms with Crippen LogP contribution >= 0.6 is 7.60 Å². The van der Waals surface area contributed by atoms with Crippen LogP contribution in [0.1, 0.15) is 26.7 Å². The van der Waals surface area contributed by atoms with E-state index in [-0.39, 0.29) is 17.9 Å². The van der Waals surface area contributed by atoms with Crippen LogP contribution in [0.5, 0.6) is 0 Å². The van der Waals surface area contributed by atoms with E-state index in [4.69, 9.17) is 15.5 Å². The van der Waals surface area contributed by atoms with Gasteiger partial charge in [-0.15, -0.1) is 0 Å². The summed E-state index contributed by atoms with van der Waals surface area (Å²) in [5, 5.41) is 0. The van der Waals surface area contributed by atoms with E-state index in [0.717, 1.165) is 12.8 Å². The Morgan fingerprint density at radius 3 is 2.23 bits per heavy atom. The fraction of sp³-hybridized carbons (Fsp3) is 1.00. The predicted octanol–water partition coefficient (Wildman–Crippen LogP) is 0.928. The molecule has 1 rings (SSSR count). The third-order valence-electron chi connectivity index (χ3n) is 2.85. The van der Waals surface area contributed by atoms with Crippen molar-refractivity contribution in [2.45, 2.75) is 32.3 Å². The summed E-state index contributed by atoms with van der Waals surface area (Å²) in [7, 11) is -3.98. The Kier molecular flexibility index (Phi) is 2.89. The first kappa shape index (κ1) is 11.2. The molecule has 0 bridgehead atoms. The quantitative estimate of drug-likeness (QED) is 0.601. The molecule has 1 saturated carbocycles. The van der Waals surface area contributed by atoms with Crippen molar-refractivity contribution in [3.63, 3.8) is 0 Å². The number of rotatable bonds is 3. The van der Waals surface area contributed by atoms with Gasteiger partial charge in [0.05, 0.1) is 5.66 Å². The van der Waals surface area contributed by atoms with Gasteiger partial charge in [0.15, 0.2) is 0 Å². The minimum atomic E-state index is -3.98. The molecule has 0 aromatic carbocycles. The summed E-state index contributed by atoms with van der Waals surface area (Å²) in [4.78, 5) is 18.0. The highest BCUT2D eigenvalue weighted by molar-refractivity contribution is 7.52. The van der Waals surface area contributed by atoms with Crippen molar-refractivity contribution >= 4 is 7.60 Å². The zero-order chi connectivity index (χ0) is 10.3. The van der Waals surface area contributed by atoms with Crippen LogP contribution in [0.4, 0.5) is 0 Å². The average Bonchev–Trinajstić information content (AvgIpc) is 1.81. The Hall–Kier alpha value is 0.110. The third-order valence-corrected chi connectivity index (χ3v) is 4.34. The smallest absolute Gasteiger partial charge is 0.330 e. The fourth-order valence-electron chi connectivity index (χ4n) is 2.24. The lowest BCUT2D eigenvalue weighted by Crippen LogP contribution is -2.42. The summed E-state index contributed by atoms with van der Waals surface area (Å²) in [6, 6.07) is 0. The highest BCUT2D eigenvalue weighted by atomic mass is 31.2. The largest absolute Gasteiger partial charge is 0.330 e. The number of nitrogens with two attached hydrogens (primary N) is 1. The Bertz CT molecular complexity index is 228. The van der Waals surface area contributed by atoms with Crippen molar-refractivity contribution in [1.82, 2.24) is 0 Å². The molecule has 0 heterocycles. The van der Waals surface area contributed by atoms with Crippen LogP contribution in [0.15, 0.2) is 0 Å². The van der Waals surface area contributed by atoms with E-state index in [0.29, 0.717) is 0 Å². The summed E-state index contributed by atoms with van der Waals surface area (Å²) >= 11 is 0. The standard InChI is InChI=1S/C8H18NO3P/c1-8(2)3-6(4-8)7(5-9)13(10,11)12/h6-7H,3-5,9H2,1-2H3,(H2,10,11,12). The normalized spacial score (nSPS) is 25.3. The van der Waals surface area contributed by atoms with Gasteiger partial charge in [-0.1, -0.05) is 13.8 Å². The van der Waals surface area contributed by atoms with Crippen LogP contribution in [0.3, 0.4) is 0 Å². The second-order valence-electron chi connectivity index (χ2n) is 4.72. The predicted molar refractivity (Wildman–Crippen MR) is 51.4 cm³/mol. The summed E-state index contributed by atoms with van der Waals surface area (Å²) in [6.45, 7) is 4.30. The Balaban J connectivity index is 2.57. The molecule has 78 valence electrons. The summed E-state index contributed by atoms with van der Waals surface area (Å²) < 4.78 is 11.0. The SMILES string of the molecule is CC1(C)CC(C(CN)P(=O)(O)O)C1. The second-order valence-corrected chi connectivity index (χ2v) is 6.57. The first-order valence-electron chi connectivity index (χ1n) is 4.51. The molecule has 0 aromatic heterocycles. The molecule has 0 amide bonds. The first-order chi connectivity index (χ1) is 5.76. The van der Waals surface area contributed by atoms with Crippen LogP contribution in [-0.4, -0.2) is 22.0 Å². The number of hydrogen-bond acceptors (Lipinski definition) is 2. The van der Waals surface area contributed by atoms with Crippen molar-refractivity contribution < 1.29 is 14.4 Å². The molecule has 0 spiro atoms. The summed E-state index contributed by atoms with van der Waals surface area (Å²) in [6.07, 6.45) is 1.75. The monoisotopic (exact) mass is 207 g/mol. The molecule has 0 aromatic rings. The van der Waals surface area contributed by atoms with Gasteiger partial charge >= 0.3 is 7.60 Å². The van der Waals surface area contributed by atoms with E-state index in [1.54, 1.807) is 0 Å². The van der Waals surface area contributed by atoms with Crippen LogP contribution in [0, 0.1) is 11.3 Å². The molecule has 4 N–H and O–H groups in total. The molecule has 1 fully saturated rings. The zero-order valence-corrected chi connectivity index (χ0v) is 9.00. The van der Waals surface area contributed by atoms with E-state index in [1.165, 1.54) is 0 Å². The molecule has 1 aliphatic rings. The Morgan fingerprint density at radius 2 is 2.00 bits per heavy atom. The van der Waals surface area contributed by atoms with Crippen molar-refractivity contribution in [2.75, 3.05) is 6.54 Å². The molecule has 0 saturated heterocycles. The van der Waals surface area contributed by atoms with Crippen molar-refractivity contribution in [1.29, 1.82) is 0 Å². The van der Waals surface area contributed by atoms with Gasteiger partial charge in [0.25, 0.3) is 0 Å². The minimum Gasteiger partial charge on any atom is -0.330 e. The average molecular weight is 207 g/mol. The second kappa shape index (κ2) is 3.35. The van der Waals surface area contributed by atoms with Gasteiger partial charge in [-0.2, -0.15) is 0 Å². The summed E-state index contributed by atoms with van der Waals surface area (Å²) in [5.41, 5.74) is 4.98. The molecule has 1 unspecified atom stereocenters. The zero-order valence-electron chi connectivity index (χ0n) is 8.10. The maximum atomic E-state index is 11.0. The molecule has 5 heteroatoms. The van der Waals surface area contributed by atoms with Gasteiger partial charge < -0.3 is 15.5 Å². The van der Waals surface area contributed by atoms with E-state index < -0.39 is 13.3 Å². The maximum Gasteiger partial charge on any atom is 0.330 e. The molecular weight excluding hydrogens is 189 g/mol. The van der Waals surface area contributed by atoms with Crippen molar-refractivity contribution in [2.24, 2.45) is 17.1 Å². The van der Waals surface area contributed by atoms with Gasteiger partial charge in [-0.25, -0.2) is 0 Å². The van der Waals surface area contributed by atoms with Gasteiger partial charge in [-0.05, 0) is 24.2 Å². The molecule has 0 aliphatic heterocycles.